The number of nitrogens with zero attached hydrogens (tertiary/aromatic N) is 2. The fraction of sp³-hybridized carbons (Fsp3) is 0.154. The standard InChI is InChI=1S/C26H18F2N2O6/c1-3-33-25(31)15-9-5-7-11-19(15)35-23-21(27)17(13-29)18(14-30)22(28)24(23)36-20-12-8-6-10-16(20)26(32)34-4-2/h5-12H,3-4H2,1-2H3. The summed E-state index contributed by atoms with van der Waals surface area (Å²) in [6.45, 7) is 3.27. The Kier molecular flexibility index (Phi) is 8.16. The van der Waals surface area contributed by atoms with Gasteiger partial charge in [0.2, 0.25) is 11.5 Å². The van der Waals surface area contributed by atoms with Crippen molar-refractivity contribution in [1.82, 2.24) is 0 Å². The van der Waals surface area contributed by atoms with Crippen LogP contribution in [0.3, 0.4) is 0 Å². The van der Waals surface area contributed by atoms with Crippen LogP contribution < -0.4 is 9.47 Å². The number of ether oxygens (including phenoxy) is 4. The molecule has 8 nitrogen and oxygen atoms in total. The van der Waals surface area contributed by atoms with Crippen molar-refractivity contribution < 1.29 is 37.3 Å². The second kappa shape index (κ2) is 11.4. The van der Waals surface area contributed by atoms with E-state index in [1.165, 1.54) is 60.7 Å². The first-order chi connectivity index (χ1) is 17.4. The summed E-state index contributed by atoms with van der Waals surface area (Å²) < 4.78 is 52.0. The van der Waals surface area contributed by atoms with Gasteiger partial charge in [-0.05, 0) is 38.1 Å². The van der Waals surface area contributed by atoms with E-state index in [4.69, 9.17) is 18.9 Å². The maximum absolute atomic E-state index is 15.5. The van der Waals surface area contributed by atoms with Crippen molar-refractivity contribution in [3.8, 4) is 35.1 Å². The van der Waals surface area contributed by atoms with Crippen molar-refractivity contribution in [3.05, 3.63) is 82.4 Å². The molecule has 0 heterocycles. The maximum Gasteiger partial charge on any atom is 0.341 e. The molecule has 0 saturated carbocycles. The van der Waals surface area contributed by atoms with E-state index in [-0.39, 0.29) is 35.8 Å². The highest BCUT2D eigenvalue weighted by atomic mass is 19.1. The summed E-state index contributed by atoms with van der Waals surface area (Å²) in [6, 6.07) is 14.1. The van der Waals surface area contributed by atoms with Gasteiger partial charge in [0.15, 0.2) is 11.6 Å². The molecule has 0 atom stereocenters. The van der Waals surface area contributed by atoms with Gasteiger partial charge in [-0.25, -0.2) is 18.4 Å². The van der Waals surface area contributed by atoms with Crippen LogP contribution in [0.1, 0.15) is 45.7 Å². The first-order valence-corrected chi connectivity index (χ1v) is 10.6. The molecule has 0 unspecified atom stereocenters. The summed E-state index contributed by atoms with van der Waals surface area (Å²) in [7, 11) is 0. The number of nitriles is 2. The third kappa shape index (κ3) is 5.08. The van der Waals surface area contributed by atoms with E-state index in [1.807, 2.05) is 0 Å². The van der Waals surface area contributed by atoms with Gasteiger partial charge in [-0.1, -0.05) is 24.3 Å². The van der Waals surface area contributed by atoms with Crippen molar-refractivity contribution in [1.29, 1.82) is 10.5 Å². The Morgan fingerprint density at radius 1 is 0.722 bits per heavy atom. The van der Waals surface area contributed by atoms with Crippen molar-refractivity contribution in [2.45, 2.75) is 13.8 Å². The van der Waals surface area contributed by atoms with E-state index in [9.17, 15) is 20.1 Å². The third-order valence-electron chi connectivity index (χ3n) is 4.71. The number of esters is 2. The van der Waals surface area contributed by atoms with Gasteiger partial charge in [-0.3, -0.25) is 0 Å². The number of halogens is 2. The lowest BCUT2D eigenvalue weighted by Crippen LogP contribution is -2.09. The Morgan fingerprint density at radius 2 is 1.08 bits per heavy atom. The molecule has 0 N–H and O–H groups in total. The molecule has 3 rings (SSSR count). The molecule has 0 amide bonds. The minimum atomic E-state index is -1.40. The lowest BCUT2D eigenvalue weighted by molar-refractivity contribution is 0.0512. The largest absolute Gasteiger partial charge is 0.462 e. The Labute approximate surface area is 204 Å². The molecule has 0 saturated heterocycles. The Morgan fingerprint density at radius 3 is 1.42 bits per heavy atom. The third-order valence-corrected chi connectivity index (χ3v) is 4.71. The molecule has 0 aliphatic carbocycles. The highest BCUT2D eigenvalue weighted by molar-refractivity contribution is 5.93. The fourth-order valence-corrected chi connectivity index (χ4v) is 3.12. The van der Waals surface area contributed by atoms with Crippen LogP contribution in [-0.4, -0.2) is 25.2 Å². The van der Waals surface area contributed by atoms with E-state index < -0.39 is 46.2 Å². The van der Waals surface area contributed by atoms with Crippen molar-refractivity contribution in [2.75, 3.05) is 13.2 Å². The van der Waals surface area contributed by atoms with Gasteiger partial charge in [-0.15, -0.1) is 0 Å². The predicted octanol–water partition coefficient (Wildman–Crippen LogP) is 5.65. The summed E-state index contributed by atoms with van der Waals surface area (Å²) >= 11 is 0. The van der Waals surface area contributed by atoms with Crippen LogP contribution in [0.15, 0.2) is 48.5 Å². The minimum absolute atomic E-state index is 0.0462. The lowest BCUT2D eigenvalue weighted by Gasteiger charge is -2.18. The lowest BCUT2D eigenvalue weighted by atomic mass is 10.1. The Bertz CT molecular complexity index is 1300. The summed E-state index contributed by atoms with van der Waals surface area (Å²) in [5.41, 5.74) is -2.07. The number of para-hydroxylation sites is 2. The summed E-state index contributed by atoms with van der Waals surface area (Å²) in [5.74, 6) is -6.69. The van der Waals surface area contributed by atoms with Crippen LogP contribution >= 0.6 is 0 Å². The van der Waals surface area contributed by atoms with Crippen molar-refractivity contribution >= 4 is 11.9 Å². The minimum Gasteiger partial charge on any atom is -0.462 e. The Balaban J connectivity index is 2.23. The SMILES string of the molecule is CCOC(=O)c1ccccc1Oc1c(F)c(C#N)c(C#N)c(F)c1Oc1ccccc1C(=O)OCC. The van der Waals surface area contributed by atoms with Crippen LogP contribution in [-0.2, 0) is 9.47 Å². The summed E-state index contributed by atoms with van der Waals surface area (Å²) in [6.07, 6.45) is 0. The molecule has 36 heavy (non-hydrogen) atoms. The number of hydrogen-bond acceptors (Lipinski definition) is 8. The van der Waals surface area contributed by atoms with E-state index in [0.29, 0.717) is 0 Å². The normalized spacial score (nSPS) is 10.1. The topological polar surface area (TPSA) is 119 Å². The number of benzene rings is 3. The molecule has 0 aliphatic rings. The highest BCUT2D eigenvalue weighted by Crippen LogP contribution is 2.44. The molecule has 0 aromatic heterocycles. The second-order valence-electron chi connectivity index (χ2n) is 6.90. The zero-order valence-electron chi connectivity index (χ0n) is 19.1. The van der Waals surface area contributed by atoms with Crippen LogP contribution in [0.2, 0.25) is 0 Å². The zero-order valence-corrected chi connectivity index (χ0v) is 19.1. The van der Waals surface area contributed by atoms with Gasteiger partial charge in [0.05, 0.1) is 13.2 Å². The summed E-state index contributed by atoms with van der Waals surface area (Å²) in [4.78, 5) is 24.7. The first kappa shape index (κ1) is 25.7. The Hall–Kier alpha value is -4.96. The first-order valence-electron chi connectivity index (χ1n) is 10.6. The van der Waals surface area contributed by atoms with Crippen molar-refractivity contribution in [3.63, 3.8) is 0 Å². The van der Waals surface area contributed by atoms with E-state index in [1.54, 1.807) is 13.8 Å². The molecule has 0 fully saturated rings. The average Bonchev–Trinajstić information content (AvgIpc) is 2.88. The molecule has 0 radical (unpaired) electrons. The zero-order chi connectivity index (χ0) is 26.2. The molecule has 10 heteroatoms. The highest BCUT2D eigenvalue weighted by Gasteiger charge is 2.30. The van der Waals surface area contributed by atoms with E-state index in [0.717, 1.165) is 0 Å². The number of rotatable bonds is 8. The van der Waals surface area contributed by atoms with Crippen LogP contribution in [0.4, 0.5) is 8.78 Å². The molecular weight excluding hydrogens is 474 g/mol. The average molecular weight is 492 g/mol. The molecule has 0 aliphatic heterocycles. The summed E-state index contributed by atoms with van der Waals surface area (Å²) in [5, 5.41) is 18.8. The fourth-order valence-electron chi connectivity index (χ4n) is 3.12. The van der Waals surface area contributed by atoms with E-state index in [2.05, 4.69) is 0 Å². The van der Waals surface area contributed by atoms with Gasteiger partial charge >= 0.3 is 11.9 Å². The van der Waals surface area contributed by atoms with Gasteiger partial charge in [-0.2, -0.15) is 10.5 Å². The molecular formula is C26H18F2N2O6. The number of hydrogen-bond donors (Lipinski definition) is 0. The van der Waals surface area contributed by atoms with Crippen LogP contribution in [0.25, 0.3) is 0 Å². The van der Waals surface area contributed by atoms with Gasteiger partial charge in [0, 0.05) is 0 Å². The van der Waals surface area contributed by atoms with Gasteiger partial charge < -0.3 is 18.9 Å². The van der Waals surface area contributed by atoms with Crippen molar-refractivity contribution in [2.24, 2.45) is 0 Å². The van der Waals surface area contributed by atoms with Crippen LogP contribution in [0, 0.1) is 34.3 Å². The molecule has 0 spiro atoms. The monoisotopic (exact) mass is 492 g/mol. The predicted molar refractivity (Wildman–Crippen MR) is 121 cm³/mol. The van der Waals surface area contributed by atoms with Gasteiger partial charge in [0.25, 0.3) is 0 Å². The second-order valence-corrected chi connectivity index (χ2v) is 6.90. The molecule has 3 aromatic carbocycles. The number of carbonyl (C=O) groups is 2. The smallest absolute Gasteiger partial charge is 0.341 e. The van der Waals surface area contributed by atoms with E-state index >= 15 is 8.78 Å². The van der Waals surface area contributed by atoms with Crippen LogP contribution in [0.5, 0.6) is 23.0 Å². The maximum atomic E-state index is 15.5. The molecule has 0 bridgehead atoms. The molecule has 3 aromatic rings. The van der Waals surface area contributed by atoms with Gasteiger partial charge in [0.1, 0.15) is 45.9 Å². The molecule has 182 valence electrons. The quantitative estimate of drug-likeness (QED) is 0.370. The number of carbonyl (C=O) groups excluding carboxylic acids is 2.